The number of aromatic nitrogens is 2. The van der Waals surface area contributed by atoms with Crippen LogP contribution in [0.25, 0.3) is 0 Å². The molecule has 5 amide bonds. The van der Waals surface area contributed by atoms with Crippen molar-refractivity contribution < 1.29 is 33.1 Å². The summed E-state index contributed by atoms with van der Waals surface area (Å²) in [6.07, 6.45) is 3.77. The van der Waals surface area contributed by atoms with Crippen LogP contribution in [0.3, 0.4) is 0 Å². The molecule has 8 rings (SSSR count). The van der Waals surface area contributed by atoms with Crippen LogP contribution in [-0.2, 0) is 9.59 Å². The zero-order chi connectivity index (χ0) is 42.4. The minimum absolute atomic E-state index is 0.0000849. The van der Waals surface area contributed by atoms with E-state index in [1.807, 2.05) is 24.8 Å². The van der Waals surface area contributed by atoms with Gasteiger partial charge >= 0.3 is 0 Å². The summed E-state index contributed by atoms with van der Waals surface area (Å²) in [5, 5.41) is 17.6. The van der Waals surface area contributed by atoms with Gasteiger partial charge in [0.2, 0.25) is 5.91 Å². The van der Waals surface area contributed by atoms with Crippen molar-refractivity contribution in [3.8, 4) is 11.8 Å². The Labute approximate surface area is 352 Å². The molecule has 1 saturated carbocycles. The van der Waals surface area contributed by atoms with Crippen molar-refractivity contribution in [3.63, 3.8) is 0 Å². The third-order valence-corrected chi connectivity index (χ3v) is 13.0. The minimum atomic E-state index is -1.18. The first-order valence-corrected chi connectivity index (χ1v) is 21.0. The predicted octanol–water partition coefficient (Wildman–Crippen LogP) is 4.56. The number of nitrogens with two attached hydrogens (primary N) is 1. The van der Waals surface area contributed by atoms with E-state index < -0.39 is 41.5 Å². The van der Waals surface area contributed by atoms with Crippen molar-refractivity contribution in [2.45, 2.75) is 95.5 Å². The fraction of sp³-hybridized carbons (Fsp3) is 0.488. The van der Waals surface area contributed by atoms with Crippen molar-refractivity contribution in [2.24, 2.45) is 11.7 Å². The first-order valence-electron chi connectivity index (χ1n) is 20.6. The summed E-state index contributed by atoms with van der Waals surface area (Å²) in [7, 11) is 0. The van der Waals surface area contributed by atoms with E-state index in [0.717, 1.165) is 43.4 Å². The standard InChI is InChI=1S/C43H47ClFN9O6/c1-24-21-50(23-26-13-15-51(16-14-26)38-11-9-35(40(47)56)48-49-38)22-25(2)52(24)37-19-32-31(18-34(37)45)41(57)54(42(32)58)36-10-12-39(55)53(43(36)59)28-4-7-29(8-5-28)60-30-6-3-27(20-46)33(44)17-30/h3,6,9,11,17-19,24-26,28-29,36H,4-5,7-8,10,12-16,21-23H2,1-2H3,(H2,47,56)/t24-,25-,28?,29?,36-/m1/s1. The van der Waals surface area contributed by atoms with Gasteiger partial charge in [0.05, 0.1) is 33.5 Å². The summed E-state index contributed by atoms with van der Waals surface area (Å²) in [5.41, 5.74) is 5.98. The average molecular weight is 840 g/mol. The molecule has 15 nitrogen and oxygen atoms in total. The SMILES string of the molecule is C[C@@H]1CN(CC2CCN(c3ccc(C(N)=O)nn3)CC2)C[C@@H](C)N1c1cc2c(cc1F)C(=O)N([C@@H]1CCC(=O)N(C3CCC(Oc4ccc(C#N)c(Cl)c4)CC3)C1=O)C2=O. The first-order chi connectivity index (χ1) is 28.8. The molecular weight excluding hydrogens is 793 g/mol. The van der Waals surface area contributed by atoms with E-state index in [4.69, 9.17) is 27.3 Å². The molecule has 3 saturated heterocycles. The summed E-state index contributed by atoms with van der Waals surface area (Å²) < 4.78 is 22.2. The number of piperazine rings is 1. The molecular formula is C43H47ClFN9O6. The Kier molecular flexibility index (Phi) is 11.5. The van der Waals surface area contributed by atoms with Crippen LogP contribution < -0.4 is 20.3 Å². The molecule has 4 fully saturated rings. The number of amides is 5. The Hall–Kier alpha value is -5.66. The predicted molar refractivity (Wildman–Crippen MR) is 218 cm³/mol. The van der Waals surface area contributed by atoms with Gasteiger partial charge in [0.1, 0.15) is 23.7 Å². The summed E-state index contributed by atoms with van der Waals surface area (Å²) in [4.78, 5) is 75.3. The summed E-state index contributed by atoms with van der Waals surface area (Å²) >= 11 is 6.17. The van der Waals surface area contributed by atoms with Gasteiger partial charge in [-0.25, -0.2) is 4.39 Å². The second-order valence-corrected chi connectivity index (χ2v) is 17.1. The van der Waals surface area contributed by atoms with Crippen molar-refractivity contribution in [1.82, 2.24) is 24.9 Å². The molecule has 5 heterocycles. The largest absolute Gasteiger partial charge is 0.490 e. The lowest BCUT2D eigenvalue weighted by molar-refractivity contribution is -0.155. The second kappa shape index (κ2) is 16.8. The van der Waals surface area contributed by atoms with E-state index >= 15 is 4.39 Å². The molecule has 2 aromatic carbocycles. The normalized spacial score (nSPS) is 25.4. The monoisotopic (exact) mass is 839 g/mol. The minimum Gasteiger partial charge on any atom is -0.490 e. The van der Waals surface area contributed by atoms with Crippen molar-refractivity contribution in [1.29, 1.82) is 5.26 Å². The highest BCUT2D eigenvalue weighted by atomic mass is 35.5. The summed E-state index contributed by atoms with van der Waals surface area (Å²) in [6, 6.07) is 11.0. The number of anilines is 2. The van der Waals surface area contributed by atoms with Gasteiger partial charge in [-0.3, -0.25) is 38.7 Å². The molecule has 60 heavy (non-hydrogen) atoms. The molecule has 3 aromatic rings. The fourth-order valence-corrected chi connectivity index (χ4v) is 10.0. The molecule has 0 radical (unpaired) electrons. The van der Waals surface area contributed by atoms with Gasteiger partial charge in [-0.1, -0.05) is 11.6 Å². The first kappa shape index (κ1) is 41.1. The lowest BCUT2D eigenvalue weighted by Gasteiger charge is -2.47. The Morgan fingerprint density at radius 1 is 0.900 bits per heavy atom. The number of piperidine rings is 2. The zero-order valence-electron chi connectivity index (χ0n) is 33.6. The number of halogens is 2. The fourth-order valence-electron chi connectivity index (χ4n) is 9.82. The number of nitriles is 1. The van der Waals surface area contributed by atoms with Gasteiger partial charge < -0.3 is 20.3 Å². The van der Waals surface area contributed by atoms with Gasteiger partial charge in [0.15, 0.2) is 11.5 Å². The Bertz CT molecular complexity index is 2240. The maximum atomic E-state index is 16.1. The molecule has 314 valence electrons. The van der Waals surface area contributed by atoms with E-state index in [1.165, 1.54) is 11.0 Å². The molecule has 1 aromatic heterocycles. The topological polar surface area (TPSA) is 186 Å². The Morgan fingerprint density at radius 2 is 1.58 bits per heavy atom. The van der Waals surface area contributed by atoms with Gasteiger partial charge in [-0.05, 0) is 101 Å². The number of nitrogens with zero attached hydrogens (tertiary/aromatic N) is 8. The summed E-state index contributed by atoms with van der Waals surface area (Å²) in [6.45, 7) is 7.91. The highest BCUT2D eigenvalue weighted by molar-refractivity contribution is 6.31. The van der Waals surface area contributed by atoms with Crippen LogP contribution in [0.2, 0.25) is 5.02 Å². The third kappa shape index (κ3) is 7.88. The van der Waals surface area contributed by atoms with Crippen LogP contribution in [-0.4, -0.2) is 117 Å². The van der Waals surface area contributed by atoms with E-state index in [9.17, 15) is 24.0 Å². The average Bonchev–Trinajstić information content (AvgIpc) is 3.46. The molecule has 5 aliphatic rings. The van der Waals surface area contributed by atoms with E-state index in [0.29, 0.717) is 66.8 Å². The third-order valence-electron chi connectivity index (χ3n) is 12.7. The molecule has 2 N–H and O–H groups in total. The maximum Gasteiger partial charge on any atom is 0.269 e. The van der Waals surface area contributed by atoms with Crippen molar-refractivity contribution in [2.75, 3.05) is 42.5 Å². The van der Waals surface area contributed by atoms with Gasteiger partial charge in [0.25, 0.3) is 23.6 Å². The van der Waals surface area contributed by atoms with E-state index in [-0.39, 0.29) is 59.4 Å². The number of hydrogen-bond donors (Lipinski definition) is 1. The lowest BCUT2D eigenvalue weighted by Crippen LogP contribution is -2.59. The van der Waals surface area contributed by atoms with Crippen LogP contribution in [0.15, 0.2) is 42.5 Å². The molecule has 0 spiro atoms. The second-order valence-electron chi connectivity index (χ2n) is 16.7. The number of fused-ring (bicyclic) bond motifs is 1. The highest BCUT2D eigenvalue weighted by Gasteiger charge is 2.49. The number of likely N-dealkylation sites (tertiary alicyclic amines) is 1. The zero-order valence-corrected chi connectivity index (χ0v) is 34.3. The molecule has 1 aliphatic carbocycles. The quantitative estimate of drug-likeness (QED) is 0.297. The number of primary amides is 1. The maximum absolute atomic E-state index is 16.1. The summed E-state index contributed by atoms with van der Waals surface area (Å²) in [5.74, 6) is -1.88. The highest BCUT2D eigenvalue weighted by Crippen LogP contribution is 2.38. The number of rotatable bonds is 9. The number of ether oxygens (including phenoxy) is 1. The van der Waals surface area contributed by atoms with Gasteiger partial charge in [-0.15, -0.1) is 10.2 Å². The molecule has 0 unspecified atom stereocenters. The number of carbonyl (C=O) groups excluding carboxylic acids is 5. The van der Waals surface area contributed by atoms with Crippen LogP contribution >= 0.6 is 11.6 Å². The molecule has 4 aliphatic heterocycles. The Balaban J connectivity index is 0.886. The molecule has 0 bridgehead atoms. The van der Waals surface area contributed by atoms with Gasteiger partial charge in [-0.2, -0.15) is 5.26 Å². The van der Waals surface area contributed by atoms with Gasteiger partial charge in [0, 0.05) is 63.3 Å². The van der Waals surface area contributed by atoms with Crippen molar-refractivity contribution >= 4 is 52.6 Å². The lowest BCUT2D eigenvalue weighted by atomic mass is 9.89. The number of hydrogen-bond acceptors (Lipinski definition) is 12. The van der Waals surface area contributed by atoms with E-state index in [2.05, 4.69) is 20.0 Å². The van der Waals surface area contributed by atoms with Crippen LogP contribution in [0.4, 0.5) is 15.9 Å². The van der Waals surface area contributed by atoms with Crippen molar-refractivity contribution in [3.05, 3.63) is 75.7 Å². The van der Waals surface area contributed by atoms with E-state index in [1.54, 1.807) is 30.3 Å². The molecule has 17 heteroatoms. The molecule has 3 atom stereocenters. The number of benzene rings is 2. The van der Waals surface area contributed by atoms with Crippen LogP contribution in [0.1, 0.15) is 102 Å². The number of carbonyl (C=O) groups is 5. The Morgan fingerprint density at radius 3 is 2.20 bits per heavy atom. The number of imide groups is 2. The van der Waals surface area contributed by atoms with Crippen LogP contribution in [0, 0.1) is 23.1 Å². The smallest absolute Gasteiger partial charge is 0.269 e. The van der Waals surface area contributed by atoms with Crippen LogP contribution in [0.5, 0.6) is 5.75 Å².